The molecule has 3 aromatic rings. The number of nitrogens with zero attached hydrogens (tertiary/aromatic N) is 2. The molecule has 0 fully saturated rings. The summed E-state index contributed by atoms with van der Waals surface area (Å²) in [5.41, 5.74) is 4.77. The van der Waals surface area contributed by atoms with Crippen molar-refractivity contribution in [3.8, 4) is 11.5 Å². The molecule has 3 N–H and O–H groups in total. The number of anilines is 2. The van der Waals surface area contributed by atoms with Gasteiger partial charge in [0.05, 0.1) is 31.0 Å². The van der Waals surface area contributed by atoms with Gasteiger partial charge in [-0.15, -0.1) is 11.6 Å². The standard InChI is InChI=1S/C35H38ClN5O7/c1-20(38-32(42)9-10-46-3)33(43)39-21(2)34(44)40-25-12-22(17-36)11-23(13-25)19-48-31-16-28-27(15-30(31)47-4)35(45)41-26(18-37-28)14-24-7-5-6-8-29(24)41/h5-8,11-13,15-16,18,20-21,26H,9-10,14,17,19H2,1-4H3,(H,38,42)(H,39,43)(H,40,44)/t20-,21-,26-/m0/s1. The van der Waals surface area contributed by atoms with Crippen LogP contribution >= 0.6 is 11.6 Å². The Morgan fingerprint density at radius 2 is 1.73 bits per heavy atom. The number of ether oxygens (including phenoxy) is 3. The molecule has 5 rings (SSSR count). The molecular weight excluding hydrogens is 638 g/mol. The predicted molar refractivity (Wildman–Crippen MR) is 183 cm³/mol. The number of amides is 4. The van der Waals surface area contributed by atoms with Crippen molar-refractivity contribution in [3.05, 3.63) is 76.9 Å². The van der Waals surface area contributed by atoms with Gasteiger partial charge in [-0.2, -0.15) is 0 Å². The highest BCUT2D eigenvalue weighted by atomic mass is 35.5. The molecule has 2 aliphatic rings. The molecule has 12 nitrogen and oxygen atoms in total. The Morgan fingerprint density at radius 1 is 0.979 bits per heavy atom. The molecule has 48 heavy (non-hydrogen) atoms. The van der Waals surface area contributed by atoms with E-state index in [0.717, 1.165) is 16.8 Å². The Hall–Kier alpha value is -4.94. The number of benzene rings is 3. The molecule has 3 aromatic carbocycles. The van der Waals surface area contributed by atoms with Gasteiger partial charge in [-0.3, -0.25) is 29.1 Å². The van der Waals surface area contributed by atoms with Crippen LogP contribution in [0.25, 0.3) is 0 Å². The van der Waals surface area contributed by atoms with Gasteiger partial charge in [-0.1, -0.05) is 24.3 Å². The Kier molecular flexibility index (Phi) is 11.0. The number of nitrogens with one attached hydrogen (secondary N) is 3. The Labute approximate surface area is 283 Å². The van der Waals surface area contributed by atoms with Crippen molar-refractivity contribution < 1.29 is 33.4 Å². The highest BCUT2D eigenvalue weighted by Gasteiger charge is 2.36. The molecule has 0 spiro atoms. The Morgan fingerprint density at radius 3 is 2.48 bits per heavy atom. The number of carbonyl (C=O) groups is 4. The van der Waals surface area contributed by atoms with E-state index in [2.05, 4.69) is 20.9 Å². The molecule has 3 atom stereocenters. The van der Waals surface area contributed by atoms with Crippen LogP contribution in [0.5, 0.6) is 11.5 Å². The zero-order valence-corrected chi connectivity index (χ0v) is 27.9. The van der Waals surface area contributed by atoms with Crippen molar-refractivity contribution in [3.63, 3.8) is 0 Å². The molecule has 4 amide bonds. The zero-order valence-electron chi connectivity index (χ0n) is 27.2. The summed E-state index contributed by atoms with van der Waals surface area (Å²) in [5.74, 6) is -0.506. The third-order valence-corrected chi connectivity index (χ3v) is 8.36. The largest absolute Gasteiger partial charge is 0.493 e. The quantitative estimate of drug-likeness (QED) is 0.229. The lowest BCUT2D eigenvalue weighted by Gasteiger charge is -2.22. The maximum Gasteiger partial charge on any atom is 0.261 e. The van der Waals surface area contributed by atoms with Gasteiger partial charge in [0.25, 0.3) is 5.91 Å². The van der Waals surface area contributed by atoms with Gasteiger partial charge in [0.1, 0.15) is 18.7 Å². The summed E-state index contributed by atoms with van der Waals surface area (Å²) in [4.78, 5) is 57.6. The second-order valence-corrected chi connectivity index (χ2v) is 11.9. The fraction of sp³-hybridized carbons (Fsp3) is 0.343. The van der Waals surface area contributed by atoms with E-state index < -0.39 is 23.9 Å². The minimum Gasteiger partial charge on any atom is -0.493 e. The Balaban J connectivity index is 1.26. The highest BCUT2D eigenvalue weighted by molar-refractivity contribution is 6.17. The maximum absolute atomic E-state index is 13.7. The number of hydrogen-bond donors (Lipinski definition) is 3. The predicted octanol–water partition coefficient (Wildman–Crippen LogP) is 4.28. The van der Waals surface area contributed by atoms with Gasteiger partial charge in [-0.25, -0.2) is 0 Å². The summed E-state index contributed by atoms with van der Waals surface area (Å²) in [6, 6.07) is 14.6. The van der Waals surface area contributed by atoms with Crippen LogP contribution in [0.2, 0.25) is 0 Å². The summed E-state index contributed by atoms with van der Waals surface area (Å²) in [5, 5.41) is 8.00. The third-order valence-electron chi connectivity index (χ3n) is 8.05. The number of alkyl halides is 1. The maximum atomic E-state index is 13.7. The molecule has 13 heteroatoms. The summed E-state index contributed by atoms with van der Waals surface area (Å²) in [6.45, 7) is 3.41. The van der Waals surface area contributed by atoms with Crippen LogP contribution in [0.3, 0.4) is 0 Å². The monoisotopic (exact) mass is 675 g/mol. The summed E-state index contributed by atoms with van der Waals surface area (Å²) in [7, 11) is 2.99. The first-order chi connectivity index (χ1) is 23.1. The molecule has 2 aliphatic heterocycles. The van der Waals surface area contributed by atoms with Crippen LogP contribution in [-0.4, -0.2) is 68.8 Å². The number of methoxy groups -OCH3 is 2. The van der Waals surface area contributed by atoms with E-state index in [0.29, 0.717) is 40.4 Å². The van der Waals surface area contributed by atoms with Gasteiger partial charge in [0.2, 0.25) is 17.7 Å². The van der Waals surface area contributed by atoms with Gasteiger partial charge in [0.15, 0.2) is 11.5 Å². The lowest BCUT2D eigenvalue weighted by atomic mass is 10.1. The third kappa shape index (κ3) is 7.77. The summed E-state index contributed by atoms with van der Waals surface area (Å²) < 4.78 is 16.7. The minimum atomic E-state index is -0.897. The number of halogens is 1. The van der Waals surface area contributed by atoms with Crippen molar-refractivity contribution >= 4 is 58.5 Å². The molecule has 0 aromatic heterocycles. The van der Waals surface area contributed by atoms with Crippen LogP contribution < -0.4 is 30.3 Å². The first-order valence-corrected chi connectivity index (χ1v) is 16.0. The average molecular weight is 676 g/mol. The fourth-order valence-electron chi connectivity index (χ4n) is 5.57. The van der Waals surface area contributed by atoms with Crippen molar-refractivity contribution in [2.45, 2.75) is 57.3 Å². The second-order valence-electron chi connectivity index (χ2n) is 11.6. The first-order valence-electron chi connectivity index (χ1n) is 15.5. The van der Waals surface area contributed by atoms with Gasteiger partial charge in [-0.05, 0) is 54.8 Å². The van der Waals surface area contributed by atoms with E-state index in [1.165, 1.54) is 21.1 Å². The smallest absolute Gasteiger partial charge is 0.261 e. The molecule has 252 valence electrons. The van der Waals surface area contributed by atoms with Gasteiger partial charge < -0.3 is 30.2 Å². The second kappa shape index (κ2) is 15.3. The lowest BCUT2D eigenvalue weighted by Crippen LogP contribution is -2.50. The number of carbonyl (C=O) groups excluding carboxylic acids is 4. The first kappa shape index (κ1) is 34.4. The van der Waals surface area contributed by atoms with Crippen molar-refractivity contribution in [1.29, 1.82) is 0 Å². The van der Waals surface area contributed by atoms with Crippen molar-refractivity contribution in [2.75, 3.05) is 31.0 Å². The fourth-order valence-corrected chi connectivity index (χ4v) is 5.73. The van der Waals surface area contributed by atoms with Gasteiger partial charge in [0, 0.05) is 49.5 Å². The van der Waals surface area contributed by atoms with Crippen LogP contribution in [0.15, 0.2) is 59.6 Å². The average Bonchev–Trinajstić information content (AvgIpc) is 3.40. The topological polar surface area (TPSA) is 148 Å². The van der Waals surface area contributed by atoms with Crippen LogP contribution in [-0.2, 0) is 38.0 Å². The van der Waals surface area contributed by atoms with E-state index in [-0.39, 0.29) is 43.4 Å². The van der Waals surface area contributed by atoms with Crippen LogP contribution in [0, 0.1) is 0 Å². The zero-order chi connectivity index (χ0) is 34.4. The number of para-hydroxylation sites is 1. The van der Waals surface area contributed by atoms with E-state index in [4.69, 9.17) is 25.8 Å². The molecular formula is C35H38ClN5O7. The van der Waals surface area contributed by atoms with Crippen molar-refractivity contribution in [2.24, 2.45) is 4.99 Å². The van der Waals surface area contributed by atoms with E-state index in [9.17, 15) is 19.2 Å². The Bertz CT molecular complexity index is 1750. The summed E-state index contributed by atoms with van der Waals surface area (Å²) in [6.07, 6.45) is 2.60. The van der Waals surface area contributed by atoms with E-state index >= 15 is 0 Å². The molecule has 0 unspecified atom stereocenters. The summed E-state index contributed by atoms with van der Waals surface area (Å²) >= 11 is 6.17. The minimum absolute atomic E-state index is 0.0924. The van der Waals surface area contributed by atoms with Crippen molar-refractivity contribution in [1.82, 2.24) is 10.6 Å². The highest BCUT2D eigenvalue weighted by Crippen LogP contribution is 2.41. The van der Waals surface area contributed by atoms with E-state index in [1.807, 2.05) is 30.3 Å². The molecule has 0 aliphatic carbocycles. The normalized spacial score (nSPS) is 15.7. The van der Waals surface area contributed by atoms with E-state index in [1.54, 1.807) is 42.3 Å². The molecule has 2 heterocycles. The SMILES string of the molecule is COCCC(=O)N[C@@H](C)C(=O)N[C@@H](C)C(=O)Nc1cc(CCl)cc(COc2cc3c(cc2OC)C(=O)N2c4ccccc4C[C@H]2C=N3)c1. The van der Waals surface area contributed by atoms with Gasteiger partial charge >= 0.3 is 0 Å². The van der Waals surface area contributed by atoms with Crippen LogP contribution in [0.4, 0.5) is 17.1 Å². The van der Waals surface area contributed by atoms with Crippen LogP contribution in [0.1, 0.15) is 47.3 Å². The lowest BCUT2D eigenvalue weighted by molar-refractivity contribution is -0.130. The molecule has 0 bridgehead atoms. The number of hydrogen-bond acceptors (Lipinski definition) is 8. The molecule has 0 saturated heterocycles. The molecule has 0 saturated carbocycles. The molecule has 0 radical (unpaired) electrons. The number of rotatable bonds is 13. The number of aliphatic imine (C=N–C) groups is 1. The number of fused-ring (bicyclic) bond motifs is 4.